The third kappa shape index (κ3) is 3.07. The standard InChI is InChI=1S/C13H17NO4/c1-9(13(16)17)14(2)12(15)11-7-5-4-6-10(11)8-18-3/h4-7,9H,8H2,1-3H3,(H,16,17). The highest BCUT2D eigenvalue weighted by Crippen LogP contribution is 2.13. The smallest absolute Gasteiger partial charge is 0.326 e. The summed E-state index contributed by atoms with van der Waals surface area (Å²) in [5.74, 6) is -1.35. The van der Waals surface area contributed by atoms with E-state index in [0.717, 1.165) is 5.56 Å². The minimum Gasteiger partial charge on any atom is -0.480 e. The lowest BCUT2D eigenvalue weighted by Gasteiger charge is -2.22. The van der Waals surface area contributed by atoms with Gasteiger partial charge in [0, 0.05) is 19.7 Å². The Morgan fingerprint density at radius 1 is 1.39 bits per heavy atom. The van der Waals surface area contributed by atoms with Crippen molar-refractivity contribution >= 4 is 11.9 Å². The van der Waals surface area contributed by atoms with Crippen LogP contribution in [0.15, 0.2) is 24.3 Å². The summed E-state index contributed by atoms with van der Waals surface area (Å²) in [4.78, 5) is 24.3. The van der Waals surface area contributed by atoms with Crippen molar-refractivity contribution < 1.29 is 19.4 Å². The number of rotatable bonds is 5. The molecule has 98 valence electrons. The minimum absolute atomic E-state index is 0.317. The van der Waals surface area contributed by atoms with Crippen LogP contribution in [-0.2, 0) is 16.1 Å². The molecule has 1 N–H and O–H groups in total. The van der Waals surface area contributed by atoms with Crippen molar-refractivity contribution in [1.82, 2.24) is 4.90 Å². The molecule has 1 aromatic carbocycles. The Labute approximate surface area is 106 Å². The van der Waals surface area contributed by atoms with E-state index in [2.05, 4.69) is 0 Å². The first-order valence-electron chi connectivity index (χ1n) is 5.55. The van der Waals surface area contributed by atoms with E-state index in [1.54, 1.807) is 25.3 Å². The van der Waals surface area contributed by atoms with Crippen LogP contribution in [0.25, 0.3) is 0 Å². The molecule has 0 fully saturated rings. The van der Waals surface area contributed by atoms with E-state index in [9.17, 15) is 9.59 Å². The average Bonchev–Trinajstić information content (AvgIpc) is 2.37. The van der Waals surface area contributed by atoms with Crippen LogP contribution in [0.5, 0.6) is 0 Å². The molecule has 0 radical (unpaired) electrons. The van der Waals surface area contributed by atoms with Gasteiger partial charge in [-0.3, -0.25) is 4.79 Å². The van der Waals surface area contributed by atoms with E-state index in [1.165, 1.54) is 18.9 Å². The van der Waals surface area contributed by atoms with Crippen LogP contribution >= 0.6 is 0 Å². The minimum atomic E-state index is -1.03. The van der Waals surface area contributed by atoms with Gasteiger partial charge in [0.2, 0.25) is 0 Å². The molecule has 1 amide bonds. The maximum absolute atomic E-state index is 12.2. The Balaban J connectivity index is 2.99. The van der Waals surface area contributed by atoms with Crippen LogP contribution in [0.1, 0.15) is 22.8 Å². The summed E-state index contributed by atoms with van der Waals surface area (Å²) in [6.07, 6.45) is 0. The number of hydrogen-bond donors (Lipinski definition) is 1. The van der Waals surface area contributed by atoms with Crippen molar-refractivity contribution in [3.8, 4) is 0 Å². The highest BCUT2D eigenvalue weighted by molar-refractivity contribution is 5.97. The number of nitrogens with zero attached hydrogens (tertiary/aromatic N) is 1. The van der Waals surface area contributed by atoms with Crippen LogP contribution in [0.2, 0.25) is 0 Å². The van der Waals surface area contributed by atoms with Crippen LogP contribution < -0.4 is 0 Å². The molecule has 5 nitrogen and oxygen atoms in total. The molecule has 1 rings (SSSR count). The fourth-order valence-electron chi connectivity index (χ4n) is 1.54. The van der Waals surface area contributed by atoms with E-state index in [4.69, 9.17) is 9.84 Å². The zero-order chi connectivity index (χ0) is 13.7. The summed E-state index contributed by atoms with van der Waals surface area (Å²) in [6, 6.07) is 6.14. The van der Waals surface area contributed by atoms with Gasteiger partial charge < -0.3 is 14.7 Å². The van der Waals surface area contributed by atoms with E-state index >= 15 is 0 Å². The Kier molecular flexibility index (Phi) is 4.85. The fourth-order valence-corrected chi connectivity index (χ4v) is 1.54. The molecule has 0 aliphatic rings. The topological polar surface area (TPSA) is 66.8 Å². The summed E-state index contributed by atoms with van der Waals surface area (Å²) < 4.78 is 5.02. The molecule has 5 heteroatoms. The van der Waals surface area contributed by atoms with Gasteiger partial charge in [-0.25, -0.2) is 4.79 Å². The molecular weight excluding hydrogens is 234 g/mol. The molecule has 0 saturated carbocycles. The van der Waals surface area contributed by atoms with Gasteiger partial charge in [0.05, 0.1) is 6.61 Å². The molecular formula is C13H17NO4. The lowest BCUT2D eigenvalue weighted by Crippen LogP contribution is -2.40. The molecule has 0 spiro atoms. The van der Waals surface area contributed by atoms with Crippen LogP contribution in [0.4, 0.5) is 0 Å². The van der Waals surface area contributed by atoms with Gasteiger partial charge in [0.15, 0.2) is 0 Å². The number of benzene rings is 1. The number of carbonyl (C=O) groups is 2. The summed E-state index contributed by atoms with van der Waals surface area (Å²) in [5.41, 5.74) is 1.21. The number of ether oxygens (including phenoxy) is 1. The monoisotopic (exact) mass is 251 g/mol. The maximum Gasteiger partial charge on any atom is 0.326 e. The Morgan fingerprint density at radius 3 is 2.56 bits per heavy atom. The quantitative estimate of drug-likeness (QED) is 0.858. The van der Waals surface area contributed by atoms with Crippen LogP contribution in [0, 0.1) is 0 Å². The molecule has 0 heterocycles. The molecule has 1 aromatic rings. The van der Waals surface area contributed by atoms with E-state index in [0.29, 0.717) is 12.2 Å². The van der Waals surface area contributed by atoms with Gasteiger partial charge in [-0.15, -0.1) is 0 Å². The predicted octanol–water partition coefficient (Wildman–Crippen LogP) is 1.38. The number of likely N-dealkylation sites (N-methyl/N-ethyl adjacent to an activating group) is 1. The molecule has 18 heavy (non-hydrogen) atoms. The molecule has 0 aliphatic carbocycles. The maximum atomic E-state index is 12.2. The lowest BCUT2D eigenvalue weighted by molar-refractivity contribution is -0.141. The summed E-state index contributed by atoms with van der Waals surface area (Å²) >= 11 is 0. The zero-order valence-electron chi connectivity index (χ0n) is 10.7. The third-order valence-corrected chi connectivity index (χ3v) is 2.81. The second-order valence-electron chi connectivity index (χ2n) is 4.02. The molecule has 1 atom stereocenters. The molecule has 0 aromatic heterocycles. The van der Waals surface area contributed by atoms with Gasteiger partial charge in [-0.2, -0.15) is 0 Å². The SMILES string of the molecule is COCc1ccccc1C(=O)N(C)C(C)C(=O)O. The summed E-state index contributed by atoms with van der Waals surface area (Å²) in [5, 5.41) is 8.90. The Bertz CT molecular complexity index is 444. The third-order valence-electron chi connectivity index (χ3n) is 2.81. The Morgan fingerprint density at radius 2 is 2.00 bits per heavy atom. The predicted molar refractivity (Wildman–Crippen MR) is 66.3 cm³/mol. The van der Waals surface area contributed by atoms with Gasteiger partial charge in [0.1, 0.15) is 6.04 Å². The normalized spacial score (nSPS) is 11.9. The number of carboxylic acids is 1. The van der Waals surface area contributed by atoms with Crippen LogP contribution in [-0.4, -0.2) is 42.1 Å². The van der Waals surface area contributed by atoms with E-state index in [1.807, 2.05) is 6.07 Å². The van der Waals surface area contributed by atoms with Gasteiger partial charge in [-0.05, 0) is 18.6 Å². The highest BCUT2D eigenvalue weighted by Gasteiger charge is 2.24. The highest BCUT2D eigenvalue weighted by atomic mass is 16.5. The number of amides is 1. The molecule has 0 bridgehead atoms. The van der Waals surface area contributed by atoms with Crippen molar-refractivity contribution in [3.05, 3.63) is 35.4 Å². The number of carboxylic acid groups (broad SMARTS) is 1. The number of methoxy groups -OCH3 is 1. The van der Waals surface area contributed by atoms with Crippen molar-refractivity contribution in [2.75, 3.05) is 14.2 Å². The number of hydrogen-bond acceptors (Lipinski definition) is 3. The first-order valence-corrected chi connectivity index (χ1v) is 5.55. The Hall–Kier alpha value is -1.88. The van der Waals surface area contributed by atoms with Gasteiger partial charge in [-0.1, -0.05) is 18.2 Å². The van der Waals surface area contributed by atoms with Crippen molar-refractivity contribution in [2.24, 2.45) is 0 Å². The lowest BCUT2D eigenvalue weighted by atomic mass is 10.1. The second-order valence-corrected chi connectivity index (χ2v) is 4.02. The van der Waals surface area contributed by atoms with Gasteiger partial charge >= 0.3 is 5.97 Å². The van der Waals surface area contributed by atoms with Crippen molar-refractivity contribution in [3.63, 3.8) is 0 Å². The first-order chi connectivity index (χ1) is 8.49. The van der Waals surface area contributed by atoms with Crippen molar-refractivity contribution in [1.29, 1.82) is 0 Å². The summed E-state index contributed by atoms with van der Waals surface area (Å²) in [6.45, 7) is 1.79. The fraction of sp³-hybridized carbons (Fsp3) is 0.385. The zero-order valence-corrected chi connectivity index (χ0v) is 10.7. The van der Waals surface area contributed by atoms with Crippen LogP contribution in [0.3, 0.4) is 0 Å². The summed E-state index contributed by atoms with van der Waals surface area (Å²) in [7, 11) is 3.02. The number of aliphatic carboxylic acids is 1. The van der Waals surface area contributed by atoms with Gasteiger partial charge in [0.25, 0.3) is 5.91 Å². The molecule has 0 aliphatic heterocycles. The second kappa shape index (κ2) is 6.16. The molecule has 0 saturated heterocycles. The molecule has 1 unspecified atom stereocenters. The van der Waals surface area contributed by atoms with E-state index < -0.39 is 12.0 Å². The van der Waals surface area contributed by atoms with Crippen molar-refractivity contribution in [2.45, 2.75) is 19.6 Å². The number of carbonyl (C=O) groups excluding carboxylic acids is 1. The van der Waals surface area contributed by atoms with E-state index in [-0.39, 0.29) is 5.91 Å². The average molecular weight is 251 g/mol. The largest absolute Gasteiger partial charge is 0.480 e. The first kappa shape index (κ1) is 14.2.